The summed E-state index contributed by atoms with van der Waals surface area (Å²) in [5, 5.41) is 0. The van der Waals surface area contributed by atoms with Crippen LogP contribution in [-0.2, 0) is 0 Å². The van der Waals surface area contributed by atoms with Crippen molar-refractivity contribution in [2.75, 3.05) is 0 Å². The second-order valence-corrected chi connectivity index (χ2v) is 3.58. The Bertz CT molecular complexity index is 236. The van der Waals surface area contributed by atoms with Crippen molar-refractivity contribution in [3.05, 3.63) is 35.6 Å². The summed E-state index contributed by atoms with van der Waals surface area (Å²) in [7, 11) is 0. The van der Waals surface area contributed by atoms with Crippen LogP contribution in [0, 0.1) is 11.7 Å². The zero-order valence-corrected chi connectivity index (χ0v) is 11.8. The lowest BCUT2D eigenvalue weighted by Crippen LogP contribution is -2.01. The van der Waals surface area contributed by atoms with Crippen molar-refractivity contribution in [3.8, 4) is 0 Å². The molecule has 1 rings (SSSR count). The van der Waals surface area contributed by atoms with Gasteiger partial charge in [-0.15, -0.1) is 0 Å². The predicted octanol–water partition coefficient (Wildman–Crippen LogP) is 5.64. The molecule has 0 aliphatic carbocycles. The molecule has 0 amide bonds. The first-order chi connectivity index (χ1) is 7.61. The van der Waals surface area contributed by atoms with E-state index in [1.807, 2.05) is 39.8 Å². The largest absolute Gasteiger partial charge is 0.207 e. The lowest BCUT2D eigenvalue weighted by atomic mass is 9.90. The van der Waals surface area contributed by atoms with Crippen molar-refractivity contribution in [1.29, 1.82) is 0 Å². The summed E-state index contributed by atoms with van der Waals surface area (Å²) < 4.78 is 12.6. The SMILES string of the molecule is CC.CC.CC(C)C(C)c1ccc(F)cc1. The van der Waals surface area contributed by atoms with Crippen LogP contribution < -0.4 is 0 Å². The van der Waals surface area contributed by atoms with Crippen LogP contribution in [0.15, 0.2) is 24.3 Å². The van der Waals surface area contributed by atoms with Crippen LogP contribution in [0.3, 0.4) is 0 Å². The summed E-state index contributed by atoms with van der Waals surface area (Å²) >= 11 is 0. The minimum Gasteiger partial charge on any atom is -0.207 e. The van der Waals surface area contributed by atoms with Crippen LogP contribution in [0.2, 0.25) is 0 Å². The number of hydrogen-bond acceptors (Lipinski definition) is 0. The second-order valence-electron chi connectivity index (χ2n) is 3.58. The molecule has 0 aliphatic rings. The van der Waals surface area contributed by atoms with E-state index in [0.29, 0.717) is 11.8 Å². The highest BCUT2D eigenvalue weighted by molar-refractivity contribution is 5.20. The van der Waals surface area contributed by atoms with Crippen molar-refractivity contribution in [2.45, 2.75) is 54.4 Å². The molecule has 1 aromatic rings. The first-order valence-electron chi connectivity index (χ1n) is 6.36. The molecule has 0 bridgehead atoms. The van der Waals surface area contributed by atoms with E-state index in [2.05, 4.69) is 20.8 Å². The van der Waals surface area contributed by atoms with Gasteiger partial charge in [0.1, 0.15) is 5.82 Å². The number of rotatable bonds is 2. The minimum atomic E-state index is -0.158. The zero-order valence-electron chi connectivity index (χ0n) is 11.8. The van der Waals surface area contributed by atoms with Gasteiger partial charge in [-0.05, 0) is 29.5 Å². The molecule has 0 aliphatic heterocycles. The average molecular weight is 226 g/mol. The summed E-state index contributed by atoms with van der Waals surface area (Å²) in [4.78, 5) is 0. The normalized spacial score (nSPS) is 10.8. The average Bonchev–Trinajstić information content (AvgIpc) is 2.34. The number of benzene rings is 1. The summed E-state index contributed by atoms with van der Waals surface area (Å²) in [6.07, 6.45) is 0. The summed E-state index contributed by atoms with van der Waals surface area (Å²) in [5.41, 5.74) is 1.21. The third-order valence-corrected chi connectivity index (χ3v) is 2.40. The quantitative estimate of drug-likeness (QED) is 0.612. The topological polar surface area (TPSA) is 0 Å². The lowest BCUT2D eigenvalue weighted by molar-refractivity contribution is 0.533. The fraction of sp³-hybridized carbons (Fsp3) is 0.600. The molecule has 94 valence electrons. The Labute approximate surface area is 101 Å². The lowest BCUT2D eigenvalue weighted by Gasteiger charge is -2.15. The first-order valence-corrected chi connectivity index (χ1v) is 6.36. The van der Waals surface area contributed by atoms with Crippen LogP contribution in [0.4, 0.5) is 4.39 Å². The highest BCUT2D eigenvalue weighted by atomic mass is 19.1. The Morgan fingerprint density at radius 2 is 1.19 bits per heavy atom. The van der Waals surface area contributed by atoms with Gasteiger partial charge in [-0.25, -0.2) is 4.39 Å². The third-order valence-electron chi connectivity index (χ3n) is 2.40. The molecule has 0 spiro atoms. The molecule has 0 saturated carbocycles. The Morgan fingerprint density at radius 1 is 0.812 bits per heavy atom. The van der Waals surface area contributed by atoms with Gasteiger partial charge in [0.25, 0.3) is 0 Å². The van der Waals surface area contributed by atoms with E-state index < -0.39 is 0 Å². The Morgan fingerprint density at radius 3 is 1.50 bits per heavy atom. The summed E-state index contributed by atoms with van der Waals surface area (Å²) in [6, 6.07) is 6.77. The Hall–Kier alpha value is -0.850. The predicted molar refractivity (Wildman–Crippen MR) is 72.3 cm³/mol. The highest BCUT2D eigenvalue weighted by Crippen LogP contribution is 2.23. The van der Waals surface area contributed by atoms with Crippen LogP contribution in [0.25, 0.3) is 0 Å². The third kappa shape index (κ3) is 6.60. The molecule has 1 unspecified atom stereocenters. The van der Waals surface area contributed by atoms with Gasteiger partial charge in [-0.3, -0.25) is 0 Å². The highest BCUT2D eigenvalue weighted by Gasteiger charge is 2.08. The van der Waals surface area contributed by atoms with E-state index in [9.17, 15) is 4.39 Å². The van der Waals surface area contributed by atoms with Crippen LogP contribution in [0.1, 0.15) is 59.9 Å². The molecule has 0 fully saturated rings. The first kappa shape index (κ1) is 17.5. The molecular weight excluding hydrogens is 199 g/mol. The van der Waals surface area contributed by atoms with E-state index >= 15 is 0 Å². The van der Waals surface area contributed by atoms with Crippen LogP contribution in [0.5, 0.6) is 0 Å². The maximum absolute atomic E-state index is 12.6. The molecule has 16 heavy (non-hydrogen) atoms. The van der Waals surface area contributed by atoms with Crippen molar-refractivity contribution >= 4 is 0 Å². The van der Waals surface area contributed by atoms with Gasteiger partial charge >= 0.3 is 0 Å². The number of hydrogen-bond donors (Lipinski definition) is 0. The standard InChI is InChI=1S/C11H15F.2C2H6/c1-8(2)9(3)10-4-6-11(12)7-5-10;2*1-2/h4-9H,1-3H3;2*1-2H3. The van der Waals surface area contributed by atoms with E-state index in [-0.39, 0.29) is 5.82 Å². The molecule has 0 heterocycles. The van der Waals surface area contributed by atoms with E-state index in [0.717, 1.165) is 0 Å². The van der Waals surface area contributed by atoms with E-state index in [1.54, 1.807) is 0 Å². The molecule has 0 radical (unpaired) electrons. The van der Waals surface area contributed by atoms with Gasteiger partial charge in [0.15, 0.2) is 0 Å². The van der Waals surface area contributed by atoms with Crippen molar-refractivity contribution in [2.24, 2.45) is 5.92 Å². The maximum Gasteiger partial charge on any atom is 0.123 e. The summed E-state index contributed by atoms with van der Waals surface area (Å²) in [5.74, 6) is 0.954. The molecule has 0 aromatic heterocycles. The van der Waals surface area contributed by atoms with E-state index in [4.69, 9.17) is 0 Å². The maximum atomic E-state index is 12.6. The molecule has 1 aromatic carbocycles. The number of halogens is 1. The molecule has 1 atom stereocenters. The molecule has 0 nitrogen and oxygen atoms in total. The minimum absolute atomic E-state index is 0.158. The fourth-order valence-electron chi connectivity index (χ4n) is 1.15. The van der Waals surface area contributed by atoms with Gasteiger partial charge in [-0.1, -0.05) is 60.6 Å². The van der Waals surface area contributed by atoms with Gasteiger partial charge < -0.3 is 0 Å². The molecule has 0 saturated heterocycles. The fourth-order valence-corrected chi connectivity index (χ4v) is 1.15. The molecular formula is C15H27F. The van der Waals surface area contributed by atoms with E-state index in [1.165, 1.54) is 17.7 Å². The van der Waals surface area contributed by atoms with Crippen LogP contribution >= 0.6 is 0 Å². The zero-order chi connectivity index (χ0) is 13.1. The smallest absolute Gasteiger partial charge is 0.123 e. The van der Waals surface area contributed by atoms with Gasteiger partial charge in [0.2, 0.25) is 0 Å². The van der Waals surface area contributed by atoms with Crippen LogP contribution in [-0.4, -0.2) is 0 Å². The van der Waals surface area contributed by atoms with Gasteiger partial charge in [0, 0.05) is 0 Å². The van der Waals surface area contributed by atoms with Gasteiger partial charge in [0.05, 0.1) is 0 Å². The van der Waals surface area contributed by atoms with Crippen molar-refractivity contribution < 1.29 is 4.39 Å². The Balaban J connectivity index is 0. The second kappa shape index (κ2) is 10.7. The summed E-state index contributed by atoms with van der Waals surface area (Å²) in [6.45, 7) is 14.5. The monoisotopic (exact) mass is 226 g/mol. The molecule has 1 heteroatoms. The van der Waals surface area contributed by atoms with Crippen molar-refractivity contribution in [1.82, 2.24) is 0 Å². The van der Waals surface area contributed by atoms with Gasteiger partial charge in [-0.2, -0.15) is 0 Å². The Kier molecular flexibility index (Phi) is 11.7. The molecule has 0 N–H and O–H groups in total. The van der Waals surface area contributed by atoms with Crippen molar-refractivity contribution in [3.63, 3.8) is 0 Å².